The predicted octanol–water partition coefficient (Wildman–Crippen LogP) is 4.21. The first-order valence-corrected chi connectivity index (χ1v) is 7.04. The summed E-state index contributed by atoms with van der Waals surface area (Å²) in [5.41, 5.74) is 4.03. The van der Waals surface area contributed by atoms with Gasteiger partial charge in [0, 0.05) is 17.3 Å². The molecule has 3 aromatic rings. The molecule has 22 heavy (non-hydrogen) atoms. The lowest BCUT2D eigenvalue weighted by atomic mass is 10.1. The first-order chi connectivity index (χ1) is 10.6. The molecule has 1 N–H and O–H groups in total. The number of aromatic nitrogens is 1. The van der Waals surface area contributed by atoms with Crippen LogP contribution in [-0.2, 0) is 0 Å². The maximum atomic E-state index is 12.3. The van der Waals surface area contributed by atoms with Gasteiger partial charge >= 0.3 is 0 Å². The molecule has 0 atom stereocenters. The zero-order valence-electron chi connectivity index (χ0n) is 12.5. The van der Waals surface area contributed by atoms with Crippen LogP contribution in [0.25, 0.3) is 11.3 Å². The zero-order valence-corrected chi connectivity index (χ0v) is 12.5. The molecule has 1 amide bonds. The van der Waals surface area contributed by atoms with Crippen LogP contribution in [-0.4, -0.2) is 11.1 Å². The van der Waals surface area contributed by atoms with E-state index in [4.69, 9.17) is 4.52 Å². The van der Waals surface area contributed by atoms with Gasteiger partial charge in [0.1, 0.15) is 0 Å². The lowest BCUT2D eigenvalue weighted by Crippen LogP contribution is -2.13. The Bertz CT molecular complexity index is 807. The van der Waals surface area contributed by atoms with Crippen LogP contribution in [0.4, 0.5) is 5.69 Å². The lowest BCUT2D eigenvalue weighted by molar-refractivity contribution is 0.101. The van der Waals surface area contributed by atoms with Crippen molar-refractivity contribution in [3.63, 3.8) is 0 Å². The fraction of sp³-hybridized carbons (Fsp3) is 0.111. The van der Waals surface area contributed by atoms with Gasteiger partial charge in [-0.25, -0.2) is 0 Å². The molecule has 0 unspecified atom stereocenters. The summed E-state index contributed by atoms with van der Waals surface area (Å²) in [4.78, 5) is 12.3. The topological polar surface area (TPSA) is 55.1 Å². The molecule has 0 radical (unpaired) electrons. The van der Waals surface area contributed by atoms with Gasteiger partial charge in [-0.15, -0.1) is 0 Å². The lowest BCUT2D eigenvalue weighted by Gasteiger charge is -2.07. The van der Waals surface area contributed by atoms with Crippen molar-refractivity contribution in [2.24, 2.45) is 0 Å². The predicted molar refractivity (Wildman–Crippen MR) is 85.8 cm³/mol. The summed E-state index contributed by atoms with van der Waals surface area (Å²) in [5.74, 6) is 0.298. The van der Waals surface area contributed by atoms with Gasteiger partial charge in [-0.1, -0.05) is 47.6 Å². The summed E-state index contributed by atoms with van der Waals surface area (Å²) in [6, 6.07) is 17.1. The van der Waals surface area contributed by atoms with E-state index in [9.17, 15) is 4.79 Å². The van der Waals surface area contributed by atoms with Crippen molar-refractivity contribution in [2.45, 2.75) is 13.8 Å². The highest BCUT2D eigenvalue weighted by Crippen LogP contribution is 2.21. The third-order valence-corrected chi connectivity index (χ3v) is 3.44. The fourth-order valence-electron chi connectivity index (χ4n) is 2.18. The molecule has 0 saturated carbocycles. The van der Waals surface area contributed by atoms with Gasteiger partial charge < -0.3 is 9.84 Å². The van der Waals surface area contributed by atoms with Crippen LogP contribution in [0, 0.1) is 13.8 Å². The number of amides is 1. The second kappa shape index (κ2) is 5.85. The largest absolute Gasteiger partial charge is 0.355 e. The molecule has 0 aliphatic carbocycles. The van der Waals surface area contributed by atoms with Crippen LogP contribution in [0.2, 0.25) is 0 Å². The Morgan fingerprint density at radius 3 is 2.59 bits per heavy atom. The summed E-state index contributed by atoms with van der Waals surface area (Å²) in [7, 11) is 0. The zero-order chi connectivity index (χ0) is 15.5. The second-order valence-electron chi connectivity index (χ2n) is 5.21. The number of rotatable bonds is 3. The first-order valence-electron chi connectivity index (χ1n) is 7.04. The van der Waals surface area contributed by atoms with Crippen LogP contribution in [0.1, 0.15) is 21.6 Å². The minimum Gasteiger partial charge on any atom is -0.355 e. The highest BCUT2D eigenvalue weighted by atomic mass is 16.5. The van der Waals surface area contributed by atoms with Crippen molar-refractivity contribution >= 4 is 11.6 Å². The van der Waals surface area contributed by atoms with E-state index < -0.39 is 0 Å². The van der Waals surface area contributed by atoms with Gasteiger partial charge in [-0.3, -0.25) is 4.79 Å². The Labute approximate surface area is 128 Å². The van der Waals surface area contributed by atoms with Crippen molar-refractivity contribution in [3.8, 4) is 11.3 Å². The average molecular weight is 292 g/mol. The number of hydrogen-bond donors (Lipinski definition) is 1. The third-order valence-electron chi connectivity index (χ3n) is 3.44. The van der Waals surface area contributed by atoms with Crippen molar-refractivity contribution in [3.05, 3.63) is 71.4 Å². The number of aryl methyl sites for hydroxylation is 2. The minimum absolute atomic E-state index is 0.264. The summed E-state index contributed by atoms with van der Waals surface area (Å²) in [6.07, 6.45) is 0. The standard InChI is InChI=1S/C18H16N2O2/c1-12-8-9-13(2)15(10-12)19-18(21)16-11-17(22-20-16)14-6-4-3-5-7-14/h3-11H,1-2H3,(H,19,21). The number of anilines is 1. The Balaban J connectivity index is 1.81. The maximum absolute atomic E-state index is 12.3. The van der Waals surface area contributed by atoms with E-state index in [0.29, 0.717) is 5.76 Å². The quantitative estimate of drug-likeness (QED) is 0.786. The highest BCUT2D eigenvalue weighted by molar-refractivity contribution is 6.03. The Kier molecular flexibility index (Phi) is 3.74. The molecule has 0 aliphatic rings. The molecule has 0 bridgehead atoms. The molecule has 0 aliphatic heterocycles. The van der Waals surface area contributed by atoms with Crippen LogP contribution in [0.5, 0.6) is 0 Å². The Hall–Kier alpha value is -2.88. The van der Waals surface area contributed by atoms with E-state index in [1.165, 1.54) is 0 Å². The van der Waals surface area contributed by atoms with Crippen LogP contribution in [0.3, 0.4) is 0 Å². The summed E-state index contributed by atoms with van der Waals surface area (Å²) in [5, 5.41) is 6.72. The highest BCUT2D eigenvalue weighted by Gasteiger charge is 2.14. The smallest absolute Gasteiger partial charge is 0.277 e. The van der Waals surface area contributed by atoms with Crippen LogP contribution >= 0.6 is 0 Å². The molecule has 1 aromatic heterocycles. The van der Waals surface area contributed by atoms with Gasteiger partial charge in [0.15, 0.2) is 11.5 Å². The Morgan fingerprint density at radius 2 is 1.82 bits per heavy atom. The maximum Gasteiger partial charge on any atom is 0.277 e. The van der Waals surface area contributed by atoms with Crippen molar-refractivity contribution in [2.75, 3.05) is 5.32 Å². The van der Waals surface area contributed by atoms with Crippen molar-refractivity contribution in [1.82, 2.24) is 5.16 Å². The number of nitrogens with one attached hydrogen (secondary N) is 1. The van der Waals surface area contributed by atoms with E-state index in [2.05, 4.69) is 10.5 Å². The number of carbonyl (C=O) groups excluding carboxylic acids is 1. The average Bonchev–Trinajstić information content (AvgIpc) is 3.02. The van der Waals surface area contributed by atoms with Gasteiger partial charge in [0.2, 0.25) is 0 Å². The van der Waals surface area contributed by atoms with Gasteiger partial charge in [0.05, 0.1) is 0 Å². The minimum atomic E-state index is -0.278. The normalized spacial score (nSPS) is 10.5. The van der Waals surface area contributed by atoms with E-state index in [-0.39, 0.29) is 11.6 Å². The molecule has 4 heteroatoms. The van der Waals surface area contributed by atoms with Gasteiger partial charge in [-0.05, 0) is 31.0 Å². The molecule has 4 nitrogen and oxygen atoms in total. The molecule has 0 fully saturated rings. The van der Waals surface area contributed by atoms with Gasteiger partial charge in [-0.2, -0.15) is 0 Å². The van der Waals surface area contributed by atoms with Crippen LogP contribution in [0.15, 0.2) is 59.1 Å². The summed E-state index contributed by atoms with van der Waals surface area (Å²) >= 11 is 0. The monoisotopic (exact) mass is 292 g/mol. The number of nitrogens with zero attached hydrogens (tertiary/aromatic N) is 1. The molecular formula is C18H16N2O2. The second-order valence-corrected chi connectivity index (χ2v) is 5.21. The molecule has 0 spiro atoms. The summed E-state index contributed by atoms with van der Waals surface area (Å²) < 4.78 is 5.25. The third kappa shape index (κ3) is 2.91. The van der Waals surface area contributed by atoms with Crippen molar-refractivity contribution in [1.29, 1.82) is 0 Å². The SMILES string of the molecule is Cc1ccc(C)c(NC(=O)c2cc(-c3ccccc3)on2)c1. The number of benzene rings is 2. The van der Waals surface area contributed by atoms with Crippen molar-refractivity contribution < 1.29 is 9.32 Å². The molecule has 0 saturated heterocycles. The number of carbonyl (C=O) groups is 1. The van der Waals surface area contributed by atoms with E-state index in [1.807, 2.05) is 62.4 Å². The van der Waals surface area contributed by atoms with E-state index in [1.54, 1.807) is 6.07 Å². The molecular weight excluding hydrogens is 276 g/mol. The summed E-state index contributed by atoms with van der Waals surface area (Å²) in [6.45, 7) is 3.94. The number of hydrogen-bond acceptors (Lipinski definition) is 3. The molecule has 2 aromatic carbocycles. The van der Waals surface area contributed by atoms with Crippen LogP contribution < -0.4 is 5.32 Å². The fourth-order valence-corrected chi connectivity index (χ4v) is 2.18. The molecule has 110 valence electrons. The van der Waals surface area contributed by atoms with E-state index >= 15 is 0 Å². The molecule has 3 rings (SSSR count). The Morgan fingerprint density at radius 1 is 1.05 bits per heavy atom. The first kappa shape index (κ1) is 14.1. The van der Waals surface area contributed by atoms with E-state index in [0.717, 1.165) is 22.4 Å². The van der Waals surface area contributed by atoms with Gasteiger partial charge in [0.25, 0.3) is 5.91 Å². The molecule has 1 heterocycles.